The number of hydrogen-bond acceptors (Lipinski definition) is 4. The van der Waals surface area contributed by atoms with Crippen LogP contribution in [0.1, 0.15) is 15.9 Å². The second kappa shape index (κ2) is 5.48. The number of aromatic amines is 1. The number of carbonyl (C=O) groups is 1. The normalized spacial score (nSPS) is 10.3. The molecule has 9 heteroatoms. The molecule has 0 aliphatic carbocycles. The molecule has 0 unspecified atom stereocenters. The van der Waals surface area contributed by atoms with Gasteiger partial charge in [-0.05, 0) is 6.92 Å². The van der Waals surface area contributed by atoms with E-state index in [0.717, 1.165) is 12.1 Å². The van der Waals surface area contributed by atoms with E-state index in [-0.39, 0.29) is 21.3 Å². The summed E-state index contributed by atoms with van der Waals surface area (Å²) in [6.45, 7) is 1.74. The Hall–Kier alpha value is -2.12. The van der Waals surface area contributed by atoms with Gasteiger partial charge in [-0.25, -0.2) is 0 Å². The van der Waals surface area contributed by atoms with Gasteiger partial charge in [0.05, 0.1) is 26.7 Å². The molecule has 1 amide bonds. The van der Waals surface area contributed by atoms with Crippen LogP contribution in [0.2, 0.25) is 10.0 Å². The van der Waals surface area contributed by atoms with E-state index in [4.69, 9.17) is 23.2 Å². The number of anilines is 1. The predicted molar refractivity (Wildman–Crippen MR) is 74.4 cm³/mol. The van der Waals surface area contributed by atoms with E-state index in [1.807, 2.05) is 0 Å². The number of nitro benzene ring substituents is 1. The largest absolute Gasteiger partial charge is 0.307 e. The highest BCUT2D eigenvalue weighted by Gasteiger charge is 2.20. The number of carbonyl (C=O) groups excluding carboxylic acids is 1. The van der Waals surface area contributed by atoms with Gasteiger partial charge >= 0.3 is 0 Å². The molecule has 0 fully saturated rings. The second-order valence-electron chi connectivity index (χ2n) is 3.93. The van der Waals surface area contributed by atoms with Crippen LogP contribution in [-0.2, 0) is 0 Å². The first kappa shape index (κ1) is 14.3. The van der Waals surface area contributed by atoms with Gasteiger partial charge in [0, 0.05) is 17.7 Å². The van der Waals surface area contributed by atoms with Crippen molar-refractivity contribution in [3.63, 3.8) is 0 Å². The zero-order chi connectivity index (χ0) is 14.9. The topological polar surface area (TPSA) is 101 Å². The molecule has 0 radical (unpaired) electrons. The molecular formula is C11H8Cl2N4O3. The number of nitrogens with one attached hydrogen (secondary N) is 2. The number of nitrogens with zero attached hydrogens (tertiary/aromatic N) is 2. The van der Waals surface area contributed by atoms with E-state index in [0.29, 0.717) is 11.4 Å². The Morgan fingerprint density at radius 2 is 2.15 bits per heavy atom. The summed E-state index contributed by atoms with van der Waals surface area (Å²) in [5.74, 6) is -0.235. The van der Waals surface area contributed by atoms with Crippen LogP contribution in [0.5, 0.6) is 0 Å². The number of amides is 1. The third-order valence-electron chi connectivity index (χ3n) is 2.54. The van der Waals surface area contributed by atoms with Crippen molar-refractivity contribution in [2.24, 2.45) is 0 Å². The molecule has 7 nitrogen and oxygen atoms in total. The third kappa shape index (κ3) is 2.73. The van der Waals surface area contributed by atoms with Gasteiger partial charge in [0.1, 0.15) is 5.82 Å². The fourth-order valence-corrected chi connectivity index (χ4v) is 1.91. The average molecular weight is 315 g/mol. The summed E-state index contributed by atoms with van der Waals surface area (Å²) in [5, 5.41) is 19.5. The van der Waals surface area contributed by atoms with Crippen LogP contribution in [0.15, 0.2) is 18.3 Å². The lowest BCUT2D eigenvalue weighted by atomic mass is 10.2. The fourth-order valence-electron chi connectivity index (χ4n) is 1.50. The van der Waals surface area contributed by atoms with Crippen LogP contribution in [0, 0.1) is 17.0 Å². The molecular weight excluding hydrogens is 307 g/mol. The summed E-state index contributed by atoms with van der Waals surface area (Å²) < 4.78 is 0. The van der Waals surface area contributed by atoms with Crippen molar-refractivity contribution in [3.8, 4) is 0 Å². The number of hydrogen-bond donors (Lipinski definition) is 2. The average Bonchev–Trinajstić information content (AvgIpc) is 2.77. The van der Waals surface area contributed by atoms with E-state index in [9.17, 15) is 14.9 Å². The summed E-state index contributed by atoms with van der Waals surface area (Å²) in [5.41, 5.74) is 0.316. The van der Waals surface area contributed by atoms with Crippen molar-refractivity contribution < 1.29 is 9.72 Å². The Bertz CT molecular complexity index is 699. The van der Waals surface area contributed by atoms with Crippen molar-refractivity contribution in [1.82, 2.24) is 10.2 Å². The van der Waals surface area contributed by atoms with Gasteiger partial charge in [-0.2, -0.15) is 5.10 Å². The Kier molecular flexibility index (Phi) is 3.91. The summed E-state index contributed by atoms with van der Waals surface area (Å²) in [4.78, 5) is 22.2. The lowest BCUT2D eigenvalue weighted by Gasteiger charge is -2.07. The highest BCUT2D eigenvalue weighted by Crippen LogP contribution is 2.31. The van der Waals surface area contributed by atoms with Gasteiger partial charge in [-0.1, -0.05) is 23.2 Å². The van der Waals surface area contributed by atoms with Crippen molar-refractivity contribution in [3.05, 3.63) is 49.6 Å². The summed E-state index contributed by atoms with van der Waals surface area (Å²) in [6.07, 6.45) is 1.53. The summed E-state index contributed by atoms with van der Waals surface area (Å²) in [6, 6.07) is 2.15. The summed E-state index contributed by atoms with van der Waals surface area (Å²) >= 11 is 11.7. The molecule has 104 valence electrons. The number of non-ortho nitro benzene ring substituents is 1. The van der Waals surface area contributed by atoms with Crippen LogP contribution in [0.25, 0.3) is 0 Å². The number of halogens is 2. The molecule has 0 aliphatic rings. The Morgan fingerprint density at radius 1 is 1.45 bits per heavy atom. The molecule has 2 rings (SSSR count). The minimum atomic E-state index is -0.652. The smallest absolute Gasteiger partial charge is 0.271 e. The fraction of sp³-hybridized carbons (Fsp3) is 0.0909. The SMILES string of the molecule is Cc1cn[nH]c1NC(=O)c1cc([N+](=O)[O-])cc(Cl)c1Cl. The molecule has 1 aromatic carbocycles. The Balaban J connectivity index is 2.39. The number of aryl methyl sites for hydroxylation is 1. The first-order chi connectivity index (χ1) is 9.40. The first-order valence-corrected chi connectivity index (χ1v) is 6.10. The Labute approximate surface area is 123 Å². The van der Waals surface area contributed by atoms with E-state index in [1.165, 1.54) is 6.20 Å². The molecule has 20 heavy (non-hydrogen) atoms. The summed E-state index contributed by atoms with van der Waals surface area (Å²) in [7, 11) is 0. The maximum Gasteiger partial charge on any atom is 0.271 e. The van der Waals surface area contributed by atoms with Crippen molar-refractivity contribution in [1.29, 1.82) is 0 Å². The van der Waals surface area contributed by atoms with Crippen LogP contribution in [-0.4, -0.2) is 21.0 Å². The molecule has 0 saturated heterocycles. The molecule has 0 spiro atoms. The second-order valence-corrected chi connectivity index (χ2v) is 4.71. The van der Waals surface area contributed by atoms with E-state index >= 15 is 0 Å². The number of benzene rings is 1. The van der Waals surface area contributed by atoms with E-state index < -0.39 is 10.8 Å². The molecule has 0 saturated carbocycles. The first-order valence-electron chi connectivity index (χ1n) is 5.35. The number of nitro groups is 1. The lowest BCUT2D eigenvalue weighted by molar-refractivity contribution is -0.384. The van der Waals surface area contributed by atoms with Crippen molar-refractivity contribution in [2.75, 3.05) is 5.32 Å². The molecule has 2 aromatic rings. The minimum absolute atomic E-state index is 0.0491. The van der Waals surface area contributed by atoms with Crippen molar-refractivity contribution >= 4 is 40.6 Å². The monoisotopic (exact) mass is 314 g/mol. The number of rotatable bonds is 3. The van der Waals surface area contributed by atoms with Gasteiger partial charge in [-0.15, -0.1) is 0 Å². The molecule has 1 heterocycles. The maximum atomic E-state index is 12.1. The predicted octanol–water partition coefficient (Wildman–Crippen LogP) is 3.19. The minimum Gasteiger partial charge on any atom is -0.307 e. The molecule has 2 N–H and O–H groups in total. The van der Waals surface area contributed by atoms with E-state index in [2.05, 4.69) is 15.5 Å². The number of aromatic nitrogens is 2. The lowest BCUT2D eigenvalue weighted by Crippen LogP contribution is -2.14. The van der Waals surface area contributed by atoms with Crippen molar-refractivity contribution in [2.45, 2.75) is 6.92 Å². The van der Waals surface area contributed by atoms with Gasteiger partial charge in [0.15, 0.2) is 0 Å². The highest BCUT2D eigenvalue weighted by atomic mass is 35.5. The van der Waals surface area contributed by atoms with Crippen LogP contribution < -0.4 is 5.32 Å². The van der Waals surface area contributed by atoms with Gasteiger partial charge in [-0.3, -0.25) is 20.0 Å². The van der Waals surface area contributed by atoms with Crippen LogP contribution in [0.4, 0.5) is 11.5 Å². The third-order valence-corrected chi connectivity index (χ3v) is 3.34. The van der Waals surface area contributed by atoms with Crippen LogP contribution in [0.3, 0.4) is 0 Å². The van der Waals surface area contributed by atoms with Gasteiger partial charge < -0.3 is 5.32 Å². The standard InChI is InChI=1S/C11H8Cl2N4O3/c1-5-4-14-16-10(5)15-11(18)7-2-6(17(19)20)3-8(12)9(7)13/h2-4H,1H3,(H2,14,15,16,18). The molecule has 0 bridgehead atoms. The maximum absolute atomic E-state index is 12.1. The van der Waals surface area contributed by atoms with Gasteiger partial charge in [0.2, 0.25) is 0 Å². The molecule has 0 atom stereocenters. The zero-order valence-electron chi connectivity index (χ0n) is 10.1. The quantitative estimate of drug-likeness (QED) is 0.671. The Morgan fingerprint density at radius 3 is 2.70 bits per heavy atom. The van der Waals surface area contributed by atoms with Crippen LogP contribution >= 0.6 is 23.2 Å². The molecule has 1 aromatic heterocycles. The van der Waals surface area contributed by atoms with E-state index in [1.54, 1.807) is 6.92 Å². The number of H-pyrrole nitrogens is 1. The van der Waals surface area contributed by atoms with Gasteiger partial charge in [0.25, 0.3) is 11.6 Å². The zero-order valence-corrected chi connectivity index (χ0v) is 11.6. The molecule has 0 aliphatic heterocycles. The highest BCUT2D eigenvalue weighted by molar-refractivity contribution is 6.44.